The minimum absolute atomic E-state index is 0.138. The number of hydrogen-bond acceptors (Lipinski definition) is 2. The van der Waals surface area contributed by atoms with Crippen LogP contribution in [0.3, 0.4) is 0 Å². The van der Waals surface area contributed by atoms with Gasteiger partial charge in [-0.05, 0) is 0 Å². The van der Waals surface area contributed by atoms with E-state index >= 15 is 0 Å². The van der Waals surface area contributed by atoms with Crippen LogP contribution < -0.4 is 5.32 Å². The Kier molecular flexibility index (Phi) is 4.45. The van der Waals surface area contributed by atoms with Gasteiger partial charge in [0.25, 0.3) is 0 Å². The molecule has 0 aliphatic carbocycles. The van der Waals surface area contributed by atoms with Crippen LogP contribution in [0.1, 0.15) is 13.8 Å². The molecule has 1 amide bonds. The number of ketones is 1. The van der Waals surface area contributed by atoms with Crippen molar-refractivity contribution in [3.63, 3.8) is 0 Å². The van der Waals surface area contributed by atoms with E-state index in [1.165, 1.54) is 0 Å². The predicted molar refractivity (Wildman–Crippen MR) is 38.4 cm³/mol. The number of Topliss-reactive ketones (excluding diaryl/α,β-unsaturated/α-hetero) is 1. The van der Waals surface area contributed by atoms with E-state index in [4.69, 9.17) is 0 Å². The van der Waals surface area contributed by atoms with Gasteiger partial charge in [0.15, 0.2) is 5.78 Å². The highest BCUT2D eigenvalue weighted by atomic mass is 16.3. The summed E-state index contributed by atoms with van der Waals surface area (Å²) in [6.45, 7) is 2.53. The van der Waals surface area contributed by atoms with Crippen molar-refractivity contribution in [3.05, 3.63) is 0 Å². The zero-order chi connectivity index (χ0) is 8.85. The largest absolute Gasteiger partial charge is 0.349 e. The summed E-state index contributed by atoms with van der Waals surface area (Å²) in [6, 6.07) is 0. The third-order valence-electron chi connectivity index (χ3n) is 1.15. The summed E-state index contributed by atoms with van der Waals surface area (Å²) in [5, 5.41) is 12.3. The second-order valence-electron chi connectivity index (χ2n) is 2.56. The van der Waals surface area contributed by atoms with Crippen molar-refractivity contribution in [2.75, 3.05) is 13.2 Å². The summed E-state index contributed by atoms with van der Waals surface area (Å²) in [7, 11) is 0. The quantitative estimate of drug-likeness (QED) is 0.613. The molecule has 0 aliphatic rings. The summed E-state index contributed by atoms with van der Waals surface area (Å²) >= 11 is 0. The maximum Gasteiger partial charge on any atom is 0.222 e. The number of nitrogens with one attached hydrogen (secondary N) is 1. The maximum absolute atomic E-state index is 10.8. The van der Waals surface area contributed by atoms with Crippen molar-refractivity contribution < 1.29 is 14.7 Å². The van der Waals surface area contributed by atoms with E-state index in [2.05, 4.69) is 5.32 Å². The number of amides is 1. The number of rotatable bonds is 4. The molecule has 0 saturated heterocycles. The van der Waals surface area contributed by atoms with Gasteiger partial charge in [0, 0.05) is 5.92 Å². The van der Waals surface area contributed by atoms with Crippen molar-refractivity contribution in [1.29, 1.82) is 0 Å². The molecule has 0 aromatic rings. The number of carbonyl (C=O) groups excluding carboxylic acids is 2. The van der Waals surface area contributed by atoms with E-state index < -0.39 is 12.4 Å². The summed E-state index contributed by atoms with van der Waals surface area (Å²) in [4.78, 5) is 21.2. The minimum atomic E-state index is -0.766. The van der Waals surface area contributed by atoms with E-state index in [0.29, 0.717) is 0 Å². The van der Waals surface area contributed by atoms with Crippen LogP contribution >= 0.6 is 0 Å². The lowest BCUT2D eigenvalue weighted by molar-refractivity contribution is -0.128. The highest BCUT2D eigenvalue weighted by molar-refractivity contribution is 5.87. The van der Waals surface area contributed by atoms with Gasteiger partial charge in [-0.25, -0.2) is 5.11 Å². The highest BCUT2D eigenvalue weighted by Gasteiger charge is 2.07. The fourth-order valence-electron chi connectivity index (χ4n) is 0.441. The highest BCUT2D eigenvalue weighted by Crippen LogP contribution is 1.89. The number of carbonyl (C=O) groups is 2. The lowest BCUT2D eigenvalue weighted by Crippen LogP contribution is -2.33. The van der Waals surface area contributed by atoms with E-state index in [1.54, 1.807) is 13.8 Å². The third-order valence-corrected chi connectivity index (χ3v) is 1.15. The van der Waals surface area contributed by atoms with Crippen LogP contribution in [0.15, 0.2) is 0 Å². The van der Waals surface area contributed by atoms with Crippen LogP contribution in [0.5, 0.6) is 0 Å². The van der Waals surface area contributed by atoms with Crippen LogP contribution in [0, 0.1) is 5.92 Å². The Morgan fingerprint density at radius 2 is 1.91 bits per heavy atom. The van der Waals surface area contributed by atoms with Crippen LogP contribution in [-0.4, -0.2) is 24.8 Å². The molecular weight excluding hydrogens is 146 g/mol. The Balaban J connectivity index is 3.54. The molecule has 0 atom stereocenters. The van der Waals surface area contributed by atoms with Gasteiger partial charge in [0.1, 0.15) is 6.61 Å². The molecular formula is C7H12NO3. The molecule has 63 valence electrons. The molecule has 11 heavy (non-hydrogen) atoms. The first-order valence-corrected chi connectivity index (χ1v) is 3.45. The molecule has 0 aromatic carbocycles. The molecule has 0 bridgehead atoms. The van der Waals surface area contributed by atoms with E-state index in [1.807, 2.05) is 0 Å². The van der Waals surface area contributed by atoms with Gasteiger partial charge in [0.05, 0.1) is 6.54 Å². The summed E-state index contributed by atoms with van der Waals surface area (Å²) in [5.74, 6) is -0.833. The van der Waals surface area contributed by atoms with Crippen LogP contribution in [0.25, 0.3) is 0 Å². The zero-order valence-corrected chi connectivity index (χ0v) is 6.72. The van der Waals surface area contributed by atoms with Gasteiger partial charge in [-0.2, -0.15) is 0 Å². The number of hydrogen-bond donors (Lipinski definition) is 1. The molecule has 1 N–H and O–H groups in total. The standard InChI is InChI=1S/C7H12NO3/c1-5(2)7(11)8-3-6(10)4-9/h5H,3-4H2,1-2H3,(H,8,11). The predicted octanol–water partition coefficient (Wildman–Crippen LogP) is -0.242. The third kappa shape index (κ3) is 4.50. The van der Waals surface area contributed by atoms with Gasteiger partial charge in [0.2, 0.25) is 5.91 Å². The fourth-order valence-corrected chi connectivity index (χ4v) is 0.441. The first-order valence-electron chi connectivity index (χ1n) is 3.45. The van der Waals surface area contributed by atoms with Gasteiger partial charge in [-0.15, -0.1) is 0 Å². The van der Waals surface area contributed by atoms with Crippen molar-refractivity contribution in [2.45, 2.75) is 13.8 Å². The molecule has 0 spiro atoms. The lowest BCUT2D eigenvalue weighted by atomic mass is 10.2. The Morgan fingerprint density at radius 1 is 1.36 bits per heavy atom. The zero-order valence-electron chi connectivity index (χ0n) is 6.72. The monoisotopic (exact) mass is 158 g/mol. The van der Waals surface area contributed by atoms with E-state index in [9.17, 15) is 14.7 Å². The van der Waals surface area contributed by atoms with Gasteiger partial charge < -0.3 is 5.32 Å². The topological polar surface area (TPSA) is 66.1 Å². The van der Waals surface area contributed by atoms with Gasteiger partial charge in [-0.1, -0.05) is 13.8 Å². The summed E-state index contributed by atoms with van der Waals surface area (Å²) in [5.41, 5.74) is 0. The van der Waals surface area contributed by atoms with Crippen molar-refractivity contribution >= 4 is 11.7 Å². The summed E-state index contributed by atoms with van der Waals surface area (Å²) in [6.07, 6.45) is 0. The van der Waals surface area contributed by atoms with Gasteiger partial charge in [-0.3, -0.25) is 9.59 Å². The molecule has 0 unspecified atom stereocenters. The maximum atomic E-state index is 10.8. The first kappa shape index (κ1) is 10.1. The van der Waals surface area contributed by atoms with Gasteiger partial charge >= 0.3 is 0 Å². The molecule has 1 radical (unpaired) electrons. The normalized spacial score (nSPS) is 9.82. The summed E-state index contributed by atoms with van der Waals surface area (Å²) < 4.78 is 0. The average Bonchev–Trinajstić information content (AvgIpc) is 1.99. The molecule has 4 heteroatoms. The Bertz CT molecular complexity index is 154. The molecule has 0 rings (SSSR count). The first-order chi connectivity index (χ1) is 5.07. The Hall–Kier alpha value is -0.900. The van der Waals surface area contributed by atoms with Crippen LogP contribution in [-0.2, 0) is 14.7 Å². The Labute approximate surface area is 65.6 Å². The lowest BCUT2D eigenvalue weighted by Gasteiger charge is -2.04. The molecule has 0 aromatic heterocycles. The minimum Gasteiger partial charge on any atom is -0.349 e. The molecule has 0 heterocycles. The second kappa shape index (κ2) is 4.85. The van der Waals surface area contributed by atoms with Crippen molar-refractivity contribution in [2.24, 2.45) is 5.92 Å². The van der Waals surface area contributed by atoms with E-state index in [-0.39, 0.29) is 18.4 Å². The molecule has 0 fully saturated rings. The fraction of sp³-hybridized carbons (Fsp3) is 0.714. The van der Waals surface area contributed by atoms with Crippen molar-refractivity contribution in [3.8, 4) is 0 Å². The molecule has 0 saturated carbocycles. The van der Waals surface area contributed by atoms with E-state index in [0.717, 1.165) is 0 Å². The SMILES string of the molecule is CC(C)C(=O)NCC(=O)C[O]. The second-order valence-corrected chi connectivity index (χ2v) is 2.56. The molecule has 4 nitrogen and oxygen atoms in total. The van der Waals surface area contributed by atoms with Crippen LogP contribution in [0.2, 0.25) is 0 Å². The smallest absolute Gasteiger partial charge is 0.222 e. The molecule has 0 aliphatic heterocycles. The van der Waals surface area contributed by atoms with Crippen LogP contribution in [0.4, 0.5) is 0 Å². The average molecular weight is 158 g/mol. The Morgan fingerprint density at radius 3 is 2.27 bits per heavy atom. The van der Waals surface area contributed by atoms with Crippen molar-refractivity contribution in [1.82, 2.24) is 5.32 Å².